The van der Waals surface area contributed by atoms with Crippen LogP contribution in [0.2, 0.25) is 0 Å². The van der Waals surface area contributed by atoms with E-state index in [2.05, 4.69) is 55.5 Å². The van der Waals surface area contributed by atoms with E-state index in [0.717, 1.165) is 12.8 Å². The Morgan fingerprint density at radius 3 is 2.61 bits per heavy atom. The molecule has 0 saturated heterocycles. The highest BCUT2D eigenvalue weighted by Crippen LogP contribution is 2.36. The van der Waals surface area contributed by atoms with E-state index >= 15 is 0 Å². The van der Waals surface area contributed by atoms with Gasteiger partial charge in [-0.2, -0.15) is 0 Å². The molecule has 2 aromatic carbocycles. The standard InChI is InChI=1S/C17H19N/c1-12-7-8-13-9-10-16(18)17(15(13)11-12)14-5-3-2-4-6-14/h2-8,11,16-17H,9-10,18H2,1H3. The van der Waals surface area contributed by atoms with Crippen LogP contribution in [0, 0.1) is 6.92 Å². The van der Waals surface area contributed by atoms with Gasteiger partial charge in [-0.25, -0.2) is 0 Å². The molecule has 1 aliphatic carbocycles. The summed E-state index contributed by atoms with van der Waals surface area (Å²) in [6.45, 7) is 2.16. The Morgan fingerprint density at radius 1 is 1.06 bits per heavy atom. The number of hydrogen-bond acceptors (Lipinski definition) is 1. The van der Waals surface area contributed by atoms with Crippen molar-refractivity contribution in [1.82, 2.24) is 0 Å². The van der Waals surface area contributed by atoms with E-state index in [1.807, 2.05) is 0 Å². The van der Waals surface area contributed by atoms with Crippen molar-refractivity contribution in [2.45, 2.75) is 31.7 Å². The second-order valence-corrected chi connectivity index (χ2v) is 5.29. The molecule has 0 heterocycles. The average molecular weight is 237 g/mol. The first-order valence-electron chi connectivity index (χ1n) is 6.65. The number of rotatable bonds is 1. The monoisotopic (exact) mass is 237 g/mol. The van der Waals surface area contributed by atoms with Crippen LogP contribution in [-0.4, -0.2) is 6.04 Å². The molecule has 1 heteroatoms. The van der Waals surface area contributed by atoms with Crippen LogP contribution in [0.1, 0.15) is 34.6 Å². The summed E-state index contributed by atoms with van der Waals surface area (Å²) in [7, 11) is 0. The summed E-state index contributed by atoms with van der Waals surface area (Å²) in [5.74, 6) is 0.356. The molecule has 3 rings (SSSR count). The number of nitrogens with two attached hydrogens (primary N) is 1. The lowest BCUT2D eigenvalue weighted by molar-refractivity contribution is 0.518. The Bertz CT molecular complexity index is 545. The second-order valence-electron chi connectivity index (χ2n) is 5.29. The predicted molar refractivity (Wildman–Crippen MR) is 75.8 cm³/mol. The summed E-state index contributed by atoms with van der Waals surface area (Å²) in [4.78, 5) is 0. The van der Waals surface area contributed by atoms with Gasteiger partial charge in [0.25, 0.3) is 0 Å². The number of benzene rings is 2. The van der Waals surface area contributed by atoms with Crippen LogP contribution in [0.15, 0.2) is 48.5 Å². The van der Waals surface area contributed by atoms with Crippen LogP contribution < -0.4 is 5.73 Å². The van der Waals surface area contributed by atoms with Crippen LogP contribution in [-0.2, 0) is 6.42 Å². The lowest BCUT2D eigenvalue weighted by atomic mass is 9.75. The molecule has 18 heavy (non-hydrogen) atoms. The second kappa shape index (κ2) is 4.58. The fourth-order valence-corrected chi connectivity index (χ4v) is 3.04. The van der Waals surface area contributed by atoms with Gasteiger partial charge in [0.15, 0.2) is 0 Å². The minimum absolute atomic E-state index is 0.238. The average Bonchev–Trinajstić information content (AvgIpc) is 2.39. The van der Waals surface area contributed by atoms with E-state index in [1.165, 1.54) is 22.3 Å². The molecule has 0 amide bonds. The lowest BCUT2D eigenvalue weighted by Crippen LogP contribution is -2.33. The van der Waals surface area contributed by atoms with Gasteiger partial charge in [0.05, 0.1) is 0 Å². The van der Waals surface area contributed by atoms with Gasteiger partial charge < -0.3 is 5.73 Å². The smallest absolute Gasteiger partial charge is 0.0244 e. The molecule has 1 aliphatic rings. The third-order valence-corrected chi connectivity index (χ3v) is 3.97. The predicted octanol–water partition coefficient (Wildman–Crippen LogP) is 3.40. The highest BCUT2D eigenvalue weighted by atomic mass is 14.7. The molecular formula is C17H19N. The molecule has 0 fully saturated rings. The number of hydrogen-bond donors (Lipinski definition) is 1. The maximum atomic E-state index is 6.38. The summed E-state index contributed by atoms with van der Waals surface area (Å²) in [5.41, 5.74) is 11.9. The van der Waals surface area contributed by atoms with Gasteiger partial charge in [0.2, 0.25) is 0 Å². The van der Waals surface area contributed by atoms with E-state index in [4.69, 9.17) is 5.73 Å². The van der Waals surface area contributed by atoms with Crippen LogP contribution in [0.3, 0.4) is 0 Å². The Morgan fingerprint density at radius 2 is 1.83 bits per heavy atom. The van der Waals surface area contributed by atoms with Crippen LogP contribution in [0.25, 0.3) is 0 Å². The fraction of sp³-hybridized carbons (Fsp3) is 0.294. The quantitative estimate of drug-likeness (QED) is 0.808. The molecule has 1 nitrogen and oxygen atoms in total. The zero-order valence-electron chi connectivity index (χ0n) is 10.8. The summed E-state index contributed by atoms with van der Waals surface area (Å²) >= 11 is 0. The van der Waals surface area contributed by atoms with Crippen molar-refractivity contribution in [2.24, 2.45) is 5.73 Å². The maximum Gasteiger partial charge on any atom is 0.0244 e. The maximum absolute atomic E-state index is 6.38. The molecule has 0 saturated carbocycles. The Balaban J connectivity index is 2.12. The molecule has 0 spiro atoms. The minimum atomic E-state index is 0.238. The molecule has 92 valence electrons. The minimum Gasteiger partial charge on any atom is -0.327 e. The van der Waals surface area contributed by atoms with Crippen molar-refractivity contribution >= 4 is 0 Å². The largest absolute Gasteiger partial charge is 0.327 e. The Kier molecular flexibility index (Phi) is 2.92. The third kappa shape index (κ3) is 1.95. The lowest BCUT2D eigenvalue weighted by Gasteiger charge is -2.32. The molecule has 2 aromatic rings. The van der Waals surface area contributed by atoms with Gasteiger partial charge >= 0.3 is 0 Å². The summed E-state index contributed by atoms with van der Waals surface area (Å²) < 4.78 is 0. The summed E-state index contributed by atoms with van der Waals surface area (Å²) in [6, 6.07) is 17.7. The number of fused-ring (bicyclic) bond motifs is 1. The van der Waals surface area contributed by atoms with E-state index in [0.29, 0.717) is 5.92 Å². The third-order valence-electron chi connectivity index (χ3n) is 3.97. The van der Waals surface area contributed by atoms with Crippen LogP contribution >= 0.6 is 0 Å². The fourth-order valence-electron chi connectivity index (χ4n) is 3.04. The molecule has 2 unspecified atom stereocenters. The first kappa shape index (κ1) is 11.5. The molecule has 0 bridgehead atoms. The Labute approximate surface area is 109 Å². The van der Waals surface area contributed by atoms with Crippen LogP contribution in [0.5, 0.6) is 0 Å². The number of aryl methyl sites for hydroxylation is 2. The highest BCUT2D eigenvalue weighted by molar-refractivity contribution is 5.43. The van der Waals surface area contributed by atoms with Crippen molar-refractivity contribution in [2.75, 3.05) is 0 Å². The molecule has 0 aliphatic heterocycles. The van der Waals surface area contributed by atoms with Crippen molar-refractivity contribution in [1.29, 1.82) is 0 Å². The van der Waals surface area contributed by atoms with Gasteiger partial charge in [-0.05, 0) is 36.5 Å². The molecule has 2 atom stereocenters. The first-order valence-corrected chi connectivity index (χ1v) is 6.65. The van der Waals surface area contributed by atoms with E-state index in [9.17, 15) is 0 Å². The van der Waals surface area contributed by atoms with Crippen molar-refractivity contribution in [3.63, 3.8) is 0 Å². The summed E-state index contributed by atoms with van der Waals surface area (Å²) in [6.07, 6.45) is 2.19. The van der Waals surface area contributed by atoms with Crippen LogP contribution in [0.4, 0.5) is 0 Å². The van der Waals surface area contributed by atoms with Gasteiger partial charge in [-0.1, -0.05) is 54.1 Å². The molecule has 0 aromatic heterocycles. The van der Waals surface area contributed by atoms with Gasteiger partial charge in [0.1, 0.15) is 0 Å². The van der Waals surface area contributed by atoms with Gasteiger partial charge in [0, 0.05) is 12.0 Å². The van der Waals surface area contributed by atoms with Crippen molar-refractivity contribution in [3.05, 3.63) is 70.8 Å². The molecule has 2 N–H and O–H groups in total. The Hall–Kier alpha value is -1.60. The highest BCUT2D eigenvalue weighted by Gasteiger charge is 2.28. The SMILES string of the molecule is Cc1ccc2c(c1)C(c1ccccc1)C(N)CC2. The first-order chi connectivity index (χ1) is 8.75. The van der Waals surface area contributed by atoms with E-state index in [1.54, 1.807) is 0 Å². The van der Waals surface area contributed by atoms with Crippen molar-refractivity contribution < 1.29 is 0 Å². The van der Waals surface area contributed by atoms with Gasteiger partial charge in [-0.15, -0.1) is 0 Å². The zero-order chi connectivity index (χ0) is 12.5. The van der Waals surface area contributed by atoms with E-state index in [-0.39, 0.29) is 6.04 Å². The molecular weight excluding hydrogens is 218 g/mol. The zero-order valence-corrected chi connectivity index (χ0v) is 10.8. The van der Waals surface area contributed by atoms with Crippen molar-refractivity contribution in [3.8, 4) is 0 Å². The van der Waals surface area contributed by atoms with Gasteiger partial charge in [-0.3, -0.25) is 0 Å². The van der Waals surface area contributed by atoms with E-state index < -0.39 is 0 Å². The summed E-state index contributed by atoms with van der Waals surface area (Å²) in [5, 5.41) is 0. The normalized spacial score (nSPS) is 22.6. The topological polar surface area (TPSA) is 26.0 Å². The molecule has 0 radical (unpaired) electrons.